The summed E-state index contributed by atoms with van der Waals surface area (Å²) < 4.78 is 13.2. The van der Waals surface area contributed by atoms with E-state index in [1.807, 2.05) is 48.5 Å². The van der Waals surface area contributed by atoms with E-state index in [2.05, 4.69) is 26.1 Å². The van der Waals surface area contributed by atoms with Gasteiger partial charge in [0.2, 0.25) is 5.91 Å². The predicted octanol–water partition coefficient (Wildman–Crippen LogP) is 4.26. The average molecular weight is 446 g/mol. The van der Waals surface area contributed by atoms with Crippen molar-refractivity contribution in [3.8, 4) is 11.3 Å². The van der Waals surface area contributed by atoms with Crippen molar-refractivity contribution in [3.05, 3.63) is 72.0 Å². The van der Waals surface area contributed by atoms with Gasteiger partial charge in [-0.15, -0.1) is 10.2 Å². The standard InChI is InChI=1S/C26H28FN5O/c1-16(33)29-21-8-4-18(5-9-21)24-10-11-26(32-31-24)30-22-13-19-15-28-25(23(19)14-22)12-17-2-6-20(27)7-3-17/h2-11,19,22-23,25,28H,12-15H2,1H3,(H,29,33)(H,30,32)/t19-,22+,23+,25+/m1/s1. The second-order valence-electron chi connectivity index (χ2n) is 9.14. The number of rotatable bonds is 6. The lowest BCUT2D eigenvalue weighted by atomic mass is 9.90. The zero-order chi connectivity index (χ0) is 22.8. The normalized spacial score (nSPS) is 23.8. The van der Waals surface area contributed by atoms with Gasteiger partial charge < -0.3 is 16.0 Å². The second-order valence-corrected chi connectivity index (χ2v) is 9.14. The van der Waals surface area contributed by atoms with Gasteiger partial charge in [-0.3, -0.25) is 4.79 Å². The van der Waals surface area contributed by atoms with E-state index in [-0.39, 0.29) is 11.7 Å². The van der Waals surface area contributed by atoms with Gasteiger partial charge in [0.15, 0.2) is 0 Å². The van der Waals surface area contributed by atoms with Gasteiger partial charge in [0.1, 0.15) is 11.6 Å². The highest BCUT2D eigenvalue weighted by atomic mass is 19.1. The van der Waals surface area contributed by atoms with Crippen molar-refractivity contribution in [1.82, 2.24) is 15.5 Å². The van der Waals surface area contributed by atoms with Gasteiger partial charge in [-0.05, 0) is 79.6 Å². The lowest BCUT2D eigenvalue weighted by molar-refractivity contribution is -0.114. The van der Waals surface area contributed by atoms with Crippen LogP contribution in [0.4, 0.5) is 15.9 Å². The number of aromatic nitrogens is 2. The Bertz CT molecular complexity index is 1100. The minimum absolute atomic E-state index is 0.0911. The Morgan fingerprint density at radius 1 is 1.03 bits per heavy atom. The molecule has 5 rings (SSSR count). The quantitative estimate of drug-likeness (QED) is 0.528. The Balaban J connectivity index is 1.17. The van der Waals surface area contributed by atoms with Crippen LogP contribution in [0, 0.1) is 17.7 Å². The number of nitrogens with zero attached hydrogens (tertiary/aromatic N) is 2. The zero-order valence-corrected chi connectivity index (χ0v) is 18.6. The fourth-order valence-electron chi connectivity index (χ4n) is 5.25. The number of carbonyl (C=O) groups is 1. The molecule has 2 heterocycles. The Kier molecular flexibility index (Phi) is 6.05. The van der Waals surface area contributed by atoms with E-state index < -0.39 is 0 Å². The van der Waals surface area contributed by atoms with Crippen LogP contribution in [0.25, 0.3) is 11.3 Å². The molecule has 1 aromatic heterocycles. The van der Waals surface area contributed by atoms with Gasteiger partial charge in [-0.1, -0.05) is 24.3 Å². The molecular weight excluding hydrogens is 417 g/mol. The number of hydrogen-bond donors (Lipinski definition) is 3. The van der Waals surface area contributed by atoms with Gasteiger partial charge >= 0.3 is 0 Å². The summed E-state index contributed by atoms with van der Waals surface area (Å²) >= 11 is 0. The van der Waals surface area contributed by atoms with Crippen molar-refractivity contribution >= 4 is 17.4 Å². The number of benzene rings is 2. The highest BCUT2D eigenvalue weighted by Crippen LogP contribution is 2.40. The molecular formula is C26H28FN5O. The van der Waals surface area contributed by atoms with Crippen LogP contribution in [0.3, 0.4) is 0 Å². The van der Waals surface area contributed by atoms with Crippen molar-refractivity contribution in [2.75, 3.05) is 17.2 Å². The summed E-state index contributed by atoms with van der Waals surface area (Å²) in [6.45, 7) is 2.53. The molecule has 0 radical (unpaired) electrons. The predicted molar refractivity (Wildman–Crippen MR) is 127 cm³/mol. The van der Waals surface area contributed by atoms with Crippen LogP contribution in [0.15, 0.2) is 60.7 Å². The highest BCUT2D eigenvalue weighted by Gasteiger charge is 2.43. The molecule has 2 aliphatic rings. The van der Waals surface area contributed by atoms with Crippen LogP contribution in [0.1, 0.15) is 25.3 Å². The maximum Gasteiger partial charge on any atom is 0.221 e. The molecule has 3 aromatic rings. The summed E-state index contributed by atoms with van der Waals surface area (Å²) in [5.74, 6) is 1.78. The second kappa shape index (κ2) is 9.27. The maximum absolute atomic E-state index is 13.2. The number of anilines is 2. The molecule has 6 nitrogen and oxygen atoms in total. The smallest absolute Gasteiger partial charge is 0.221 e. The number of halogens is 1. The lowest BCUT2D eigenvalue weighted by Gasteiger charge is -2.20. The summed E-state index contributed by atoms with van der Waals surface area (Å²) in [4.78, 5) is 11.2. The molecule has 7 heteroatoms. The summed E-state index contributed by atoms with van der Waals surface area (Å²) in [6.07, 6.45) is 3.15. The van der Waals surface area contributed by atoms with Crippen LogP contribution in [-0.2, 0) is 11.2 Å². The van der Waals surface area contributed by atoms with E-state index >= 15 is 0 Å². The van der Waals surface area contributed by atoms with Crippen LogP contribution in [0.5, 0.6) is 0 Å². The fraction of sp³-hybridized carbons (Fsp3) is 0.346. The van der Waals surface area contributed by atoms with Gasteiger partial charge in [0, 0.05) is 30.3 Å². The van der Waals surface area contributed by atoms with Gasteiger partial charge in [-0.25, -0.2) is 4.39 Å². The fourth-order valence-corrected chi connectivity index (χ4v) is 5.25. The molecule has 1 saturated heterocycles. The molecule has 1 aliphatic heterocycles. The Morgan fingerprint density at radius 3 is 2.52 bits per heavy atom. The van der Waals surface area contributed by atoms with Crippen molar-refractivity contribution < 1.29 is 9.18 Å². The first-order valence-electron chi connectivity index (χ1n) is 11.5. The Hall–Kier alpha value is -3.32. The van der Waals surface area contributed by atoms with E-state index in [1.54, 1.807) is 12.1 Å². The highest BCUT2D eigenvalue weighted by molar-refractivity contribution is 5.88. The first-order chi connectivity index (χ1) is 16.0. The third-order valence-corrected chi connectivity index (χ3v) is 6.79. The van der Waals surface area contributed by atoms with E-state index in [1.165, 1.54) is 12.5 Å². The number of fused-ring (bicyclic) bond motifs is 1. The first kappa shape index (κ1) is 21.5. The maximum atomic E-state index is 13.2. The summed E-state index contributed by atoms with van der Waals surface area (Å²) in [5.41, 5.74) is 3.68. The van der Waals surface area contributed by atoms with Crippen molar-refractivity contribution in [3.63, 3.8) is 0 Å². The number of nitrogens with one attached hydrogen (secondary N) is 3. The molecule has 1 amide bonds. The minimum atomic E-state index is -0.185. The largest absolute Gasteiger partial charge is 0.366 e. The molecule has 1 saturated carbocycles. The average Bonchev–Trinajstić information content (AvgIpc) is 3.37. The van der Waals surface area contributed by atoms with Gasteiger partial charge in [0.25, 0.3) is 0 Å². The lowest BCUT2D eigenvalue weighted by Crippen LogP contribution is -2.31. The van der Waals surface area contributed by atoms with Crippen LogP contribution >= 0.6 is 0 Å². The van der Waals surface area contributed by atoms with Crippen LogP contribution in [0.2, 0.25) is 0 Å². The molecule has 0 bridgehead atoms. The zero-order valence-electron chi connectivity index (χ0n) is 18.6. The topological polar surface area (TPSA) is 78.9 Å². The monoisotopic (exact) mass is 445 g/mol. The minimum Gasteiger partial charge on any atom is -0.366 e. The van der Waals surface area contributed by atoms with E-state index in [4.69, 9.17) is 0 Å². The molecule has 2 fully saturated rings. The van der Waals surface area contributed by atoms with Gasteiger partial charge in [-0.2, -0.15) is 0 Å². The Labute approximate surface area is 193 Å². The molecule has 3 N–H and O–H groups in total. The number of hydrogen-bond acceptors (Lipinski definition) is 5. The summed E-state index contributed by atoms with van der Waals surface area (Å²) in [5, 5.41) is 18.8. The molecule has 0 unspecified atom stereocenters. The third kappa shape index (κ3) is 5.03. The van der Waals surface area contributed by atoms with E-state index in [0.717, 1.165) is 48.6 Å². The van der Waals surface area contributed by atoms with Crippen LogP contribution < -0.4 is 16.0 Å². The van der Waals surface area contributed by atoms with E-state index in [9.17, 15) is 9.18 Å². The van der Waals surface area contributed by atoms with Crippen molar-refractivity contribution in [2.45, 2.75) is 38.3 Å². The molecule has 1 aliphatic carbocycles. The molecule has 170 valence electrons. The number of amides is 1. The first-order valence-corrected chi connectivity index (χ1v) is 11.5. The van der Waals surface area contributed by atoms with Crippen molar-refractivity contribution in [2.24, 2.45) is 11.8 Å². The molecule has 4 atom stereocenters. The van der Waals surface area contributed by atoms with Crippen molar-refractivity contribution in [1.29, 1.82) is 0 Å². The summed E-state index contributed by atoms with van der Waals surface area (Å²) in [6, 6.07) is 19.2. The van der Waals surface area contributed by atoms with Gasteiger partial charge in [0.05, 0.1) is 5.69 Å². The third-order valence-electron chi connectivity index (χ3n) is 6.79. The Morgan fingerprint density at radius 2 is 1.82 bits per heavy atom. The molecule has 2 aromatic carbocycles. The number of carbonyl (C=O) groups excluding carboxylic acids is 1. The van der Waals surface area contributed by atoms with Crippen LogP contribution in [-0.4, -0.2) is 34.7 Å². The summed E-state index contributed by atoms with van der Waals surface area (Å²) in [7, 11) is 0. The van der Waals surface area contributed by atoms with E-state index in [0.29, 0.717) is 23.9 Å². The molecule has 0 spiro atoms. The SMILES string of the molecule is CC(=O)Nc1ccc(-c2ccc(N[C@H]3C[C@@H]4CN[C@@H](Cc5ccc(F)cc5)[C@H]4C3)nn2)cc1. The molecule has 33 heavy (non-hydrogen) atoms.